The van der Waals surface area contributed by atoms with E-state index in [1.54, 1.807) is 0 Å². The van der Waals surface area contributed by atoms with Gasteiger partial charge < -0.3 is 10.8 Å². The number of hydrogen-bond acceptors (Lipinski definition) is 10. The standard InChI is InChI=1S/C12H14N4O5S4/c1-25(20,21)4-6-14-15-12(24-6)23-3-5-2-22-10-7(13)9(17)16(10)8(5)11(18)19/h7,10H,2-4,13H2,1H3,(H,18,19)/t7?,10-/m1/s1. The maximum atomic E-state index is 11.9. The molecule has 1 aromatic heterocycles. The maximum Gasteiger partial charge on any atom is 0.352 e. The summed E-state index contributed by atoms with van der Waals surface area (Å²) in [4.78, 5) is 24.7. The quantitative estimate of drug-likeness (QED) is 0.465. The van der Waals surface area contributed by atoms with E-state index >= 15 is 0 Å². The van der Waals surface area contributed by atoms with Gasteiger partial charge in [0, 0.05) is 17.8 Å². The van der Waals surface area contributed by atoms with Crippen molar-refractivity contribution >= 4 is 56.6 Å². The Morgan fingerprint density at radius 3 is 2.84 bits per heavy atom. The molecule has 2 aliphatic rings. The van der Waals surface area contributed by atoms with Crippen LogP contribution < -0.4 is 5.73 Å². The van der Waals surface area contributed by atoms with Crippen molar-refractivity contribution in [3.05, 3.63) is 16.3 Å². The van der Waals surface area contributed by atoms with Gasteiger partial charge in [-0.25, -0.2) is 13.2 Å². The number of carboxylic acid groups (broad SMARTS) is 1. The van der Waals surface area contributed by atoms with Crippen LogP contribution in [0.4, 0.5) is 0 Å². The van der Waals surface area contributed by atoms with E-state index in [1.165, 1.54) is 28.4 Å². The fourth-order valence-electron chi connectivity index (χ4n) is 2.42. The van der Waals surface area contributed by atoms with Crippen LogP contribution in [0.3, 0.4) is 0 Å². The summed E-state index contributed by atoms with van der Waals surface area (Å²) < 4.78 is 23.1. The Bertz CT molecular complexity index is 865. The van der Waals surface area contributed by atoms with Gasteiger partial charge in [0.25, 0.3) is 0 Å². The Labute approximate surface area is 156 Å². The number of carboxylic acids is 1. The number of thioether (sulfide) groups is 2. The average Bonchev–Trinajstić information content (AvgIpc) is 2.96. The minimum Gasteiger partial charge on any atom is -0.477 e. The van der Waals surface area contributed by atoms with E-state index < -0.39 is 21.8 Å². The molecule has 3 heterocycles. The highest BCUT2D eigenvalue weighted by Gasteiger charge is 2.51. The molecule has 1 saturated heterocycles. The molecule has 1 fully saturated rings. The van der Waals surface area contributed by atoms with Gasteiger partial charge in [0.1, 0.15) is 27.9 Å². The fraction of sp³-hybridized carbons (Fsp3) is 0.500. The molecule has 1 amide bonds. The molecule has 9 nitrogen and oxygen atoms in total. The van der Waals surface area contributed by atoms with Crippen LogP contribution in [0.2, 0.25) is 0 Å². The number of carbonyl (C=O) groups is 2. The van der Waals surface area contributed by atoms with E-state index in [2.05, 4.69) is 10.2 Å². The first kappa shape index (κ1) is 18.6. The number of nitrogens with two attached hydrogens (primary N) is 1. The topological polar surface area (TPSA) is 144 Å². The Morgan fingerprint density at radius 2 is 2.20 bits per heavy atom. The number of sulfone groups is 1. The number of rotatable bonds is 6. The second-order valence-corrected chi connectivity index (χ2v) is 11.0. The molecule has 1 unspecified atom stereocenters. The zero-order chi connectivity index (χ0) is 18.4. The first-order valence-corrected chi connectivity index (χ1v) is 11.9. The predicted octanol–water partition coefficient (Wildman–Crippen LogP) is -0.244. The van der Waals surface area contributed by atoms with Crippen LogP contribution >= 0.6 is 34.9 Å². The molecule has 0 spiro atoms. The molecule has 3 rings (SSSR count). The summed E-state index contributed by atoms with van der Waals surface area (Å²) in [7, 11) is -3.18. The highest BCUT2D eigenvalue weighted by atomic mass is 32.2. The average molecular weight is 423 g/mol. The lowest BCUT2D eigenvalue weighted by molar-refractivity contribution is -0.147. The molecule has 2 atom stereocenters. The van der Waals surface area contributed by atoms with Crippen LogP contribution in [0.1, 0.15) is 5.01 Å². The highest BCUT2D eigenvalue weighted by molar-refractivity contribution is 8.01. The second kappa shape index (κ2) is 6.87. The van der Waals surface area contributed by atoms with Gasteiger partial charge in [-0.15, -0.1) is 22.0 Å². The number of nitrogens with zero attached hydrogens (tertiary/aromatic N) is 3. The smallest absolute Gasteiger partial charge is 0.352 e. The van der Waals surface area contributed by atoms with Crippen molar-refractivity contribution in [2.24, 2.45) is 5.73 Å². The van der Waals surface area contributed by atoms with Crippen LogP contribution in [0.5, 0.6) is 0 Å². The van der Waals surface area contributed by atoms with Crippen molar-refractivity contribution in [1.82, 2.24) is 15.1 Å². The van der Waals surface area contributed by atoms with Crippen LogP contribution in [-0.4, -0.2) is 69.7 Å². The maximum absolute atomic E-state index is 11.9. The number of aliphatic carboxylic acids is 1. The van der Waals surface area contributed by atoms with Crippen molar-refractivity contribution < 1.29 is 23.1 Å². The van der Waals surface area contributed by atoms with Crippen molar-refractivity contribution in [3.63, 3.8) is 0 Å². The number of hydrogen-bond donors (Lipinski definition) is 2. The molecule has 25 heavy (non-hydrogen) atoms. The zero-order valence-electron chi connectivity index (χ0n) is 12.9. The fourth-order valence-corrected chi connectivity index (χ4v) is 6.93. The van der Waals surface area contributed by atoms with E-state index in [1.807, 2.05) is 0 Å². The van der Waals surface area contributed by atoms with Crippen molar-refractivity contribution in [2.75, 3.05) is 17.8 Å². The molecule has 0 radical (unpaired) electrons. The lowest BCUT2D eigenvalue weighted by atomic mass is 10.0. The lowest BCUT2D eigenvalue weighted by Gasteiger charge is -2.48. The van der Waals surface area contributed by atoms with Crippen molar-refractivity contribution in [3.8, 4) is 0 Å². The third-order valence-corrected chi connectivity index (χ3v) is 7.98. The Morgan fingerprint density at radius 1 is 1.48 bits per heavy atom. The van der Waals surface area contributed by atoms with E-state index in [0.29, 0.717) is 26.4 Å². The van der Waals surface area contributed by atoms with Crippen molar-refractivity contribution in [1.29, 1.82) is 0 Å². The van der Waals surface area contributed by atoms with E-state index in [4.69, 9.17) is 5.73 Å². The highest BCUT2D eigenvalue weighted by Crippen LogP contribution is 2.40. The predicted molar refractivity (Wildman–Crippen MR) is 94.9 cm³/mol. The van der Waals surface area contributed by atoms with Crippen LogP contribution in [0.25, 0.3) is 0 Å². The summed E-state index contributed by atoms with van der Waals surface area (Å²) >= 11 is 3.86. The molecule has 0 aromatic carbocycles. The number of fused-ring (bicyclic) bond motifs is 1. The van der Waals surface area contributed by atoms with Gasteiger partial charge in [-0.2, -0.15) is 0 Å². The van der Waals surface area contributed by atoms with Crippen molar-refractivity contribution in [2.45, 2.75) is 21.5 Å². The van der Waals surface area contributed by atoms with E-state index in [9.17, 15) is 23.1 Å². The molecule has 2 aliphatic heterocycles. The first-order chi connectivity index (χ1) is 11.7. The summed E-state index contributed by atoms with van der Waals surface area (Å²) in [5.74, 6) is -0.925. The molecule has 13 heteroatoms. The largest absolute Gasteiger partial charge is 0.477 e. The van der Waals surface area contributed by atoms with Crippen LogP contribution in [0.15, 0.2) is 15.6 Å². The first-order valence-electron chi connectivity index (χ1n) is 6.96. The van der Waals surface area contributed by atoms with Gasteiger partial charge in [-0.3, -0.25) is 9.69 Å². The number of amides is 1. The number of β-lactam (4-membered cyclic amide) rings is 1. The molecule has 0 bridgehead atoms. The molecular weight excluding hydrogens is 408 g/mol. The molecule has 3 N–H and O–H groups in total. The normalized spacial score (nSPS) is 23.4. The van der Waals surface area contributed by atoms with Gasteiger partial charge in [-0.05, 0) is 5.57 Å². The Balaban J connectivity index is 1.73. The molecule has 0 saturated carbocycles. The Kier molecular flexibility index (Phi) is 5.12. The molecular formula is C12H14N4O5S4. The summed E-state index contributed by atoms with van der Waals surface area (Å²) in [5.41, 5.74) is 6.30. The number of carbonyl (C=O) groups excluding carboxylic acids is 1. The van der Waals surface area contributed by atoms with E-state index in [0.717, 1.165) is 17.6 Å². The monoisotopic (exact) mass is 422 g/mol. The second-order valence-electron chi connectivity index (χ2n) is 5.51. The summed E-state index contributed by atoms with van der Waals surface area (Å²) in [6, 6.07) is -0.657. The van der Waals surface area contributed by atoms with Gasteiger partial charge in [0.2, 0.25) is 5.91 Å². The van der Waals surface area contributed by atoms with Gasteiger partial charge in [-0.1, -0.05) is 23.1 Å². The summed E-state index contributed by atoms with van der Waals surface area (Å²) in [5, 5.41) is 17.3. The summed E-state index contributed by atoms with van der Waals surface area (Å²) in [6.07, 6.45) is 1.12. The van der Waals surface area contributed by atoms with Gasteiger partial charge in [0.05, 0.1) is 0 Å². The van der Waals surface area contributed by atoms with Gasteiger partial charge >= 0.3 is 5.97 Å². The third-order valence-electron chi connectivity index (χ3n) is 3.49. The zero-order valence-corrected chi connectivity index (χ0v) is 16.2. The molecule has 0 aliphatic carbocycles. The SMILES string of the molecule is CS(=O)(=O)Cc1nnc(SCC2=C(C(=O)O)N3C(=O)C(N)[C@H]3SC2)s1. The summed E-state index contributed by atoms with van der Waals surface area (Å²) in [6.45, 7) is 0. The van der Waals surface area contributed by atoms with Crippen LogP contribution in [-0.2, 0) is 25.2 Å². The van der Waals surface area contributed by atoms with Gasteiger partial charge in [0.15, 0.2) is 14.2 Å². The minimum atomic E-state index is -3.18. The number of aromatic nitrogens is 2. The lowest BCUT2D eigenvalue weighted by Crippen LogP contribution is -2.68. The molecule has 1 aromatic rings. The Hall–Kier alpha value is -1.15. The van der Waals surface area contributed by atoms with Crippen LogP contribution in [0, 0.1) is 0 Å². The van der Waals surface area contributed by atoms with E-state index in [-0.39, 0.29) is 22.7 Å². The molecule has 136 valence electrons. The third kappa shape index (κ3) is 3.84. The minimum absolute atomic E-state index is 0.0103.